The molecule has 1 aromatic heterocycles. The third-order valence-corrected chi connectivity index (χ3v) is 5.57. The number of hydrogen-bond donors (Lipinski definition) is 1. The zero-order chi connectivity index (χ0) is 18.1. The monoisotopic (exact) mass is 375 g/mol. The summed E-state index contributed by atoms with van der Waals surface area (Å²) in [6.45, 7) is 5.83. The number of aryl methyl sites for hydroxylation is 1. The Bertz CT molecular complexity index is 800. The molecule has 26 heavy (non-hydrogen) atoms. The molecule has 2 aromatic rings. The Morgan fingerprint density at radius 1 is 1.27 bits per heavy atom. The number of halogens is 1. The molecule has 0 spiro atoms. The summed E-state index contributed by atoms with van der Waals surface area (Å²) in [6.07, 6.45) is 1.86. The first kappa shape index (κ1) is 17.1. The molecule has 2 amide bonds. The van der Waals surface area contributed by atoms with Crippen molar-refractivity contribution < 1.29 is 4.79 Å². The maximum atomic E-state index is 11.8. The molecule has 138 valence electrons. The zero-order valence-electron chi connectivity index (χ0n) is 14.7. The van der Waals surface area contributed by atoms with Crippen molar-refractivity contribution in [3.8, 4) is 0 Å². The van der Waals surface area contributed by atoms with E-state index in [1.807, 2.05) is 28.6 Å². The fourth-order valence-corrected chi connectivity index (χ4v) is 3.84. The second-order valence-corrected chi connectivity index (χ2v) is 7.27. The first-order valence-electron chi connectivity index (χ1n) is 8.92. The maximum absolute atomic E-state index is 11.8. The van der Waals surface area contributed by atoms with Gasteiger partial charge in [-0.3, -0.25) is 0 Å². The highest BCUT2D eigenvalue weighted by atomic mass is 35.5. The Balaban J connectivity index is 1.42. The number of anilines is 1. The minimum Gasteiger partial charge on any atom is -0.340 e. The highest BCUT2D eigenvalue weighted by Gasteiger charge is 2.31. The van der Waals surface area contributed by atoms with Crippen LogP contribution in [0.2, 0.25) is 5.02 Å². The zero-order valence-corrected chi connectivity index (χ0v) is 15.5. The average Bonchev–Trinajstić information content (AvgIpc) is 3.27. The molecule has 0 atom stereocenters. The van der Waals surface area contributed by atoms with Crippen LogP contribution in [0.25, 0.3) is 0 Å². The summed E-state index contributed by atoms with van der Waals surface area (Å²) in [4.78, 5) is 16.0. The van der Waals surface area contributed by atoms with Crippen molar-refractivity contribution in [3.05, 3.63) is 34.3 Å². The number of urea groups is 1. The Hall–Kier alpha value is -2.35. The summed E-state index contributed by atoms with van der Waals surface area (Å²) in [6, 6.07) is 6.33. The summed E-state index contributed by atoms with van der Waals surface area (Å²) >= 11 is 6.11. The Morgan fingerprint density at radius 3 is 2.77 bits per heavy atom. The van der Waals surface area contributed by atoms with E-state index in [2.05, 4.69) is 31.8 Å². The van der Waals surface area contributed by atoms with Gasteiger partial charge in [-0.25, -0.2) is 9.48 Å². The molecule has 1 aromatic carbocycles. The van der Waals surface area contributed by atoms with E-state index in [9.17, 15) is 4.79 Å². The molecule has 0 saturated carbocycles. The van der Waals surface area contributed by atoms with Gasteiger partial charge in [0.15, 0.2) is 0 Å². The van der Waals surface area contributed by atoms with Gasteiger partial charge < -0.3 is 15.1 Å². The molecule has 4 rings (SSSR count). The molecule has 2 aliphatic heterocycles. The number of carbonyl (C=O) groups is 1. The predicted molar refractivity (Wildman–Crippen MR) is 98.4 cm³/mol. The van der Waals surface area contributed by atoms with Crippen LogP contribution in [-0.4, -0.2) is 63.4 Å². The van der Waals surface area contributed by atoms with Crippen molar-refractivity contribution in [1.29, 1.82) is 0 Å². The minimum absolute atomic E-state index is 0.0615. The normalized spacial score (nSPS) is 18.5. The molecule has 0 unspecified atom stereocenters. The van der Waals surface area contributed by atoms with Gasteiger partial charge in [-0.15, -0.1) is 0 Å². The number of piperidine rings is 1. The molecule has 2 aliphatic rings. The SMILES string of the molecule is Cc1cc(Cn2nnnc2N2CCC(N3CCNC3=O)CC2)ccc1Cl. The topological polar surface area (TPSA) is 79.2 Å². The Labute approximate surface area is 157 Å². The van der Waals surface area contributed by atoms with Gasteiger partial charge in [0.05, 0.1) is 6.54 Å². The molecule has 3 heterocycles. The Morgan fingerprint density at radius 2 is 2.08 bits per heavy atom. The molecule has 0 radical (unpaired) electrons. The lowest BCUT2D eigenvalue weighted by Gasteiger charge is -2.36. The molecule has 8 nitrogen and oxygen atoms in total. The quantitative estimate of drug-likeness (QED) is 0.879. The van der Waals surface area contributed by atoms with Gasteiger partial charge in [-0.05, 0) is 47.4 Å². The number of carbonyl (C=O) groups excluding carboxylic acids is 1. The molecule has 1 N–H and O–H groups in total. The van der Waals surface area contributed by atoms with Crippen LogP contribution in [0.5, 0.6) is 0 Å². The third-order valence-electron chi connectivity index (χ3n) is 5.15. The number of nitrogens with one attached hydrogen (secondary N) is 1. The highest BCUT2D eigenvalue weighted by Crippen LogP contribution is 2.23. The summed E-state index contributed by atoms with van der Waals surface area (Å²) in [7, 11) is 0. The second kappa shape index (κ2) is 7.11. The van der Waals surface area contributed by atoms with Crippen molar-refractivity contribution in [1.82, 2.24) is 30.4 Å². The van der Waals surface area contributed by atoms with E-state index in [0.717, 1.165) is 61.1 Å². The first-order chi connectivity index (χ1) is 12.6. The number of amides is 2. The van der Waals surface area contributed by atoms with E-state index in [1.165, 1.54) is 0 Å². The van der Waals surface area contributed by atoms with Gasteiger partial charge in [0.2, 0.25) is 5.95 Å². The molecule has 0 aliphatic carbocycles. The van der Waals surface area contributed by atoms with E-state index in [4.69, 9.17) is 11.6 Å². The van der Waals surface area contributed by atoms with Crippen molar-refractivity contribution in [2.45, 2.75) is 32.4 Å². The summed E-state index contributed by atoms with van der Waals surface area (Å²) in [5, 5.41) is 15.9. The van der Waals surface area contributed by atoms with Crippen LogP contribution in [0, 0.1) is 6.92 Å². The van der Waals surface area contributed by atoms with Gasteiger partial charge in [0.25, 0.3) is 0 Å². The van der Waals surface area contributed by atoms with Crippen LogP contribution >= 0.6 is 11.6 Å². The van der Waals surface area contributed by atoms with Crippen LogP contribution in [0.1, 0.15) is 24.0 Å². The number of hydrogen-bond acceptors (Lipinski definition) is 5. The van der Waals surface area contributed by atoms with Crippen LogP contribution in [0.4, 0.5) is 10.7 Å². The lowest BCUT2D eigenvalue weighted by atomic mass is 10.0. The van der Waals surface area contributed by atoms with Gasteiger partial charge in [-0.2, -0.15) is 0 Å². The van der Waals surface area contributed by atoms with Gasteiger partial charge in [-0.1, -0.05) is 28.8 Å². The number of benzene rings is 1. The van der Waals surface area contributed by atoms with Crippen LogP contribution in [-0.2, 0) is 6.54 Å². The van der Waals surface area contributed by atoms with E-state index in [1.54, 1.807) is 0 Å². The largest absolute Gasteiger partial charge is 0.340 e. The van der Waals surface area contributed by atoms with Crippen molar-refractivity contribution in [3.63, 3.8) is 0 Å². The number of nitrogens with zero attached hydrogens (tertiary/aromatic N) is 6. The number of aromatic nitrogens is 4. The maximum Gasteiger partial charge on any atom is 0.317 e. The molecular weight excluding hydrogens is 354 g/mol. The number of tetrazole rings is 1. The summed E-state index contributed by atoms with van der Waals surface area (Å²) in [5.41, 5.74) is 2.16. The third kappa shape index (κ3) is 3.33. The number of rotatable bonds is 4. The van der Waals surface area contributed by atoms with Gasteiger partial charge in [0, 0.05) is 37.2 Å². The average molecular weight is 376 g/mol. The highest BCUT2D eigenvalue weighted by molar-refractivity contribution is 6.31. The standard InChI is InChI=1S/C17H22ClN7O/c1-12-10-13(2-3-15(12)18)11-25-16(20-21-22-25)23-7-4-14(5-8-23)24-9-6-19-17(24)26/h2-3,10,14H,4-9,11H2,1H3,(H,19,26). The molecule has 2 fully saturated rings. The summed E-state index contributed by atoms with van der Waals surface area (Å²) < 4.78 is 1.82. The predicted octanol–water partition coefficient (Wildman–Crippen LogP) is 1.68. The molecule has 2 saturated heterocycles. The van der Waals surface area contributed by atoms with Crippen molar-refractivity contribution >= 4 is 23.6 Å². The van der Waals surface area contributed by atoms with E-state index >= 15 is 0 Å². The molecular formula is C17H22ClN7O. The fraction of sp³-hybridized carbons (Fsp3) is 0.529. The fourth-order valence-electron chi connectivity index (χ4n) is 3.72. The smallest absolute Gasteiger partial charge is 0.317 e. The molecule has 0 bridgehead atoms. The van der Waals surface area contributed by atoms with E-state index in [0.29, 0.717) is 12.6 Å². The minimum atomic E-state index is 0.0615. The van der Waals surface area contributed by atoms with Crippen LogP contribution in [0.3, 0.4) is 0 Å². The second-order valence-electron chi connectivity index (χ2n) is 6.86. The molecule has 9 heteroatoms. The summed E-state index contributed by atoms with van der Waals surface area (Å²) in [5.74, 6) is 0.780. The lowest BCUT2D eigenvalue weighted by Crippen LogP contribution is -2.46. The van der Waals surface area contributed by atoms with E-state index in [-0.39, 0.29) is 6.03 Å². The van der Waals surface area contributed by atoms with Crippen LogP contribution < -0.4 is 10.2 Å². The first-order valence-corrected chi connectivity index (χ1v) is 9.30. The van der Waals surface area contributed by atoms with Crippen LogP contribution in [0.15, 0.2) is 18.2 Å². The lowest BCUT2D eigenvalue weighted by molar-refractivity contribution is 0.186. The van der Waals surface area contributed by atoms with Gasteiger partial charge >= 0.3 is 6.03 Å². The van der Waals surface area contributed by atoms with Crippen molar-refractivity contribution in [2.24, 2.45) is 0 Å². The van der Waals surface area contributed by atoms with Crippen molar-refractivity contribution in [2.75, 3.05) is 31.1 Å². The van der Waals surface area contributed by atoms with Gasteiger partial charge in [0.1, 0.15) is 0 Å². The van der Waals surface area contributed by atoms with E-state index < -0.39 is 0 Å². The Kier molecular flexibility index (Phi) is 4.67.